The largest absolute Gasteiger partial charge is 0.460 e. The average molecular weight is 651 g/mol. The molecule has 1 heterocycles. The highest BCUT2D eigenvalue weighted by atomic mass is 31.2. The molecule has 3 aromatic carbocycles. The standard InChI is InChI=1S/C36H47N2O7P/c1-26(2)20-31(35(41)44-24-28-14-8-5-9-15-28)37-22-33(39)34(40)23-38(46(37,43)30-18-12-7-13-19-30)32(21-27(3)4)36(42)45-25-29-16-10-6-11-17-29/h5-19,26-27,31-34,39-40H,20-25H2,1-4H3/t31-,32-,33-,34+,46?/m0/s1. The third-order valence-electron chi connectivity index (χ3n) is 8.08. The fourth-order valence-electron chi connectivity index (χ4n) is 5.77. The van der Waals surface area contributed by atoms with Crippen molar-refractivity contribution in [3.63, 3.8) is 0 Å². The minimum Gasteiger partial charge on any atom is -0.460 e. The van der Waals surface area contributed by atoms with Crippen LogP contribution in [0, 0.1) is 11.8 Å². The highest BCUT2D eigenvalue weighted by molar-refractivity contribution is 7.67. The fraction of sp³-hybridized carbons (Fsp3) is 0.444. The molecule has 9 nitrogen and oxygen atoms in total. The molecule has 248 valence electrons. The Bertz CT molecular complexity index is 1350. The molecular formula is C36H47N2O7P. The molecule has 0 amide bonds. The molecule has 4 rings (SSSR count). The lowest BCUT2D eigenvalue weighted by atomic mass is 10.0. The molecule has 1 aliphatic rings. The molecule has 1 aliphatic heterocycles. The van der Waals surface area contributed by atoms with E-state index >= 15 is 4.57 Å². The Hall–Kier alpha value is -3.33. The SMILES string of the molecule is CC(C)C[C@@H](C(=O)OCc1ccccc1)N1C[C@@H](O)[C@@H](O)CN([C@@H](CC(C)C)C(=O)OCc2ccccc2)P1(=O)c1ccccc1. The van der Waals surface area contributed by atoms with E-state index in [2.05, 4.69) is 0 Å². The second-order valence-corrected chi connectivity index (χ2v) is 15.4. The maximum atomic E-state index is 16.0. The molecule has 0 spiro atoms. The van der Waals surface area contributed by atoms with Gasteiger partial charge in [-0.3, -0.25) is 14.2 Å². The summed E-state index contributed by atoms with van der Waals surface area (Å²) in [5.74, 6) is -1.22. The molecule has 2 N–H and O–H groups in total. The molecule has 0 bridgehead atoms. The number of hydrogen-bond donors (Lipinski definition) is 2. The Morgan fingerprint density at radius 2 is 1.02 bits per heavy atom. The van der Waals surface area contributed by atoms with Gasteiger partial charge in [-0.2, -0.15) is 0 Å². The minimum atomic E-state index is -4.08. The molecule has 0 radical (unpaired) electrons. The lowest BCUT2D eigenvalue weighted by Gasteiger charge is -2.43. The van der Waals surface area contributed by atoms with Gasteiger partial charge in [-0.15, -0.1) is 0 Å². The van der Waals surface area contributed by atoms with E-state index in [1.807, 2.05) is 88.4 Å². The van der Waals surface area contributed by atoms with Crippen LogP contribution in [-0.4, -0.2) is 68.9 Å². The second-order valence-electron chi connectivity index (χ2n) is 12.7. The Morgan fingerprint density at radius 3 is 1.37 bits per heavy atom. The van der Waals surface area contributed by atoms with E-state index in [1.165, 1.54) is 9.34 Å². The Kier molecular flexibility index (Phi) is 12.7. The number of hydrogen-bond acceptors (Lipinski definition) is 7. The van der Waals surface area contributed by atoms with Crippen molar-refractivity contribution >= 4 is 24.7 Å². The van der Waals surface area contributed by atoms with Crippen molar-refractivity contribution in [3.05, 3.63) is 102 Å². The number of nitrogens with zero attached hydrogens (tertiary/aromatic N) is 2. The summed E-state index contributed by atoms with van der Waals surface area (Å²) in [6, 6.07) is 25.2. The van der Waals surface area contributed by atoms with Crippen molar-refractivity contribution in [2.24, 2.45) is 11.8 Å². The molecule has 5 atom stereocenters. The molecule has 10 heteroatoms. The number of carbonyl (C=O) groups is 2. The maximum absolute atomic E-state index is 16.0. The van der Waals surface area contributed by atoms with E-state index in [1.54, 1.807) is 30.3 Å². The van der Waals surface area contributed by atoms with Gasteiger partial charge < -0.3 is 19.7 Å². The molecule has 0 aromatic heterocycles. The minimum absolute atomic E-state index is 0.0143. The highest BCUT2D eigenvalue weighted by Crippen LogP contribution is 2.57. The molecule has 0 saturated carbocycles. The highest BCUT2D eigenvalue weighted by Gasteiger charge is 2.53. The lowest BCUT2D eigenvalue weighted by Crippen LogP contribution is -2.51. The van der Waals surface area contributed by atoms with Crippen LogP contribution in [0.4, 0.5) is 0 Å². The van der Waals surface area contributed by atoms with Crippen LogP contribution >= 0.6 is 7.44 Å². The first kappa shape index (κ1) is 35.5. The van der Waals surface area contributed by atoms with Crippen molar-refractivity contribution in [2.75, 3.05) is 13.1 Å². The zero-order valence-electron chi connectivity index (χ0n) is 27.1. The van der Waals surface area contributed by atoms with Gasteiger partial charge in [0.25, 0.3) is 0 Å². The summed E-state index contributed by atoms with van der Waals surface area (Å²) in [5, 5.41) is 22.9. The number of benzene rings is 3. The first-order chi connectivity index (χ1) is 22.0. The number of β-amino-alcohol motifs (C(OH)–C–C–N with tert-alkyl or cyclic N) is 2. The van der Waals surface area contributed by atoms with E-state index in [0.717, 1.165) is 11.1 Å². The van der Waals surface area contributed by atoms with Crippen molar-refractivity contribution in [2.45, 2.75) is 78.0 Å². The predicted molar refractivity (Wildman–Crippen MR) is 178 cm³/mol. The van der Waals surface area contributed by atoms with Crippen LogP contribution in [0.5, 0.6) is 0 Å². The summed E-state index contributed by atoms with van der Waals surface area (Å²) < 4.78 is 30.6. The third-order valence-corrected chi connectivity index (χ3v) is 11.3. The van der Waals surface area contributed by atoms with Crippen LogP contribution in [0.25, 0.3) is 0 Å². The predicted octanol–water partition coefficient (Wildman–Crippen LogP) is 5.16. The summed E-state index contributed by atoms with van der Waals surface area (Å²) in [4.78, 5) is 28.0. The average Bonchev–Trinajstić information content (AvgIpc) is 3.15. The molecular weight excluding hydrogens is 603 g/mol. The van der Waals surface area contributed by atoms with Crippen LogP contribution in [0.1, 0.15) is 51.7 Å². The van der Waals surface area contributed by atoms with Gasteiger partial charge in [-0.1, -0.05) is 107 Å². The summed E-state index contributed by atoms with van der Waals surface area (Å²) in [6.07, 6.45) is -2.15. The van der Waals surface area contributed by atoms with Crippen molar-refractivity contribution in [3.8, 4) is 0 Å². The number of esters is 2. The summed E-state index contributed by atoms with van der Waals surface area (Å²) in [7, 11) is -4.08. The van der Waals surface area contributed by atoms with Crippen LogP contribution < -0.4 is 5.30 Å². The van der Waals surface area contributed by atoms with Gasteiger partial charge in [0, 0.05) is 18.4 Å². The van der Waals surface area contributed by atoms with Crippen LogP contribution in [0.2, 0.25) is 0 Å². The van der Waals surface area contributed by atoms with Gasteiger partial charge in [0.05, 0.1) is 12.2 Å². The van der Waals surface area contributed by atoms with Gasteiger partial charge in [0.2, 0.25) is 7.44 Å². The smallest absolute Gasteiger partial charge is 0.324 e. The van der Waals surface area contributed by atoms with E-state index in [4.69, 9.17) is 9.47 Å². The second kappa shape index (κ2) is 16.5. The van der Waals surface area contributed by atoms with Gasteiger partial charge in [0.15, 0.2) is 0 Å². The molecule has 0 aliphatic carbocycles. The van der Waals surface area contributed by atoms with Gasteiger partial charge in [-0.05, 0) is 47.9 Å². The first-order valence-corrected chi connectivity index (χ1v) is 17.6. The monoisotopic (exact) mass is 650 g/mol. The number of ether oxygens (including phenoxy) is 2. The molecule has 46 heavy (non-hydrogen) atoms. The van der Waals surface area contributed by atoms with E-state index in [9.17, 15) is 19.8 Å². The zero-order valence-corrected chi connectivity index (χ0v) is 28.0. The topological polar surface area (TPSA) is 117 Å². The maximum Gasteiger partial charge on any atom is 0.324 e. The van der Waals surface area contributed by atoms with Crippen LogP contribution in [0.15, 0.2) is 91.0 Å². The summed E-state index contributed by atoms with van der Waals surface area (Å²) in [5.41, 5.74) is 1.60. The Labute approximate surface area is 272 Å². The van der Waals surface area contributed by atoms with Crippen molar-refractivity contribution < 1.29 is 33.8 Å². The van der Waals surface area contributed by atoms with E-state index in [-0.39, 0.29) is 51.0 Å². The van der Waals surface area contributed by atoms with Crippen LogP contribution in [-0.2, 0) is 36.8 Å². The quantitative estimate of drug-likeness (QED) is 0.191. The number of aliphatic hydroxyl groups excluding tert-OH is 2. The van der Waals surface area contributed by atoms with Gasteiger partial charge in [0.1, 0.15) is 25.3 Å². The van der Waals surface area contributed by atoms with Gasteiger partial charge >= 0.3 is 11.9 Å². The lowest BCUT2D eigenvalue weighted by molar-refractivity contribution is -0.151. The normalized spacial score (nSPS) is 22.3. The first-order valence-electron chi connectivity index (χ1n) is 16.0. The molecule has 1 fully saturated rings. The molecule has 3 aromatic rings. The Balaban J connectivity index is 1.81. The van der Waals surface area contributed by atoms with Crippen molar-refractivity contribution in [1.29, 1.82) is 0 Å². The van der Waals surface area contributed by atoms with E-state index < -0.39 is 43.7 Å². The fourth-order valence-corrected chi connectivity index (χ4v) is 9.13. The van der Waals surface area contributed by atoms with Crippen LogP contribution in [0.3, 0.4) is 0 Å². The summed E-state index contributed by atoms with van der Waals surface area (Å²) in [6.45, 7) is 7.32. The molecule has 1 unspecified atom stereocenters. The number of aliphatic hydroxyl groups is 2. The zero-order chi connectivity index (χ0) is 33.3. The summed E-state index contributed by atoms with van der Waals surface area (Å²) >= 11 is 0. The number of rotatable bonds is 13. The van der Waals surface area contributed by atoms with Gasteiger partial charge in [-0.25, -0.2) is 9.34 Å². The van der Waals surface area contributed by atoms with Crippen molar-refractivity contribution in [1.82, 2.24) is 9.34 Å². The Morgan fingerprint density at radius 1 is 0.674 bits per heavy atom. The molecule has 1 saturated heterocycles. The third kappa shape index (κ3) is 8.93. The number of carbonyl (C=O) groups excluding carboxylic acids is 2. The van der Waals surface area contributed by atoms with E-state index in [0.29, 0.717) is 5.30 Å².